The molecule has 1 aromatic carbocycles. The van der Waals surface area contributed by atoms with Crippen LogP contribution in [0, 0.1) is 0 Å². The Labute approximate surface area is 119 Å². The lowest BCUT2D eigenvalue weighted by Crippen LogP contribution is -2.39. The minimum absolute atomic E-state index is 0.324. The molecule has 0 heterocycles. The van der Waals surface area contributed by atoms with Crippen LogP contribution in [0.1, 0.15) is 19.4 Å². The van der Waals surface area contributed by atoms with Crippen LogP contribution in [0.2, 0.25) is 0 Å². The van der Waals surface area contributed by atoms with Gasteiger partial charge in [-0.3, -0.25) is 4.90 Å². The Bertz CT molecular complexity index is 382. The Morgan fingerprint density at radius 3 is 2.56 bits per heavy atom. The van der Waals surface area contributed by atoms with E-state index in [9.17, 15) is 5.11 Å². The maximum absolute atomic E-state index is 9.56. The Balaban J connectivity index is 2.76. The van der Waals surface area contributed by atoms with Crippen molar-refractivity contribution < 1.29 is 5.11 Å². The Kier molecular flexibility index (Phi) is 6.12. The van der Waals surface area contributed by atoms with E-state index in [-0.39, 0.29) is 0 Å². The third kappa shape index (κ3) is 4.59. The standard InChI is InChI=1S/C14H23BrN2O/c1-5-17(11(2)9-16(3)4)10-12-8-13(18)6-7-14(12)15/h6-8,11,18H,5,9-10H2,1-4H3. The topological polar surface area (TPSA) is 26.7 Å². The van der Waals surface area contributed by atoms with Crippen LogP contribution in [0.25, 0.3) is 0 Å². The first-order chi connectivity index (χ1) is 8.43. The number of hydrogen-bond donors (Lipinski definition) is 1. The van der Waals surface area contributed by atoms with E-state index in [0.29, 0.717) is 11.8 Å². The van der Waals surface area contributed by atoms with Crippen LogP contribution >= 0.6 is 15.9 Å². The number of hydrogen-bond acceptors (Lipinski definition) is 3. The summed E-state index contributed by atoms with van der Waals surface area (Å²) in [5, 5.41) is 9.56. The summed E-state index contributed by atoms with van der Waals surface area (Å²) in [6.45, 7) is 7.28. The molecule has 0 saturated heterocycles. The lowest BCUT2D eigenvalue weighted by Gasteiger charge is -2.30. The number of phenolic OH excluding ortho intramolecular Hbond substituents is 1. The molecular weight excluding hydrogens is 292 g/mol. The van der Waals surface area contributed by atoms with Gasteiger partial charge in [0.15, 0.2) is 0 Å². The van der Waals surface area contributed by atoms with E-state index < -0.39 is 0 Å². The first-order valence-electron chi connectivity index (χ1n) is 6.30. The highest BCUT2D eigenvalue weighted by Gasteiger charge is 2.14. The first-order valence-corrected chi connectivity index (χ1v) is 7.09. The average molecular weight is 315 g/mol. The van der Waals surface area contributed by atoms with Gasteiger partial charge in [0.05, 0.1) is 0 Å². The van der Waals surface area contributed by atoms with Gasteiger partial charge in [-0.15, -0.1) is 0 Å². The normalized spacial score (nSPS) is 13.3. The van der Waals surface area contributed by atoms with E-state index >= 15 is 0 Å². The van der Waals surface area contributed by atoms with Crippen molar-refractivity contribution in [1.82, 2.24) is 9.80 Å². The number of rotatable bonds is 6. The molecule has 18 heavy (non-hydrogen) atoms. The van der Waals surface area contributed by atoms with Gasteiger partial charge in [-0.05, 0) is 51.3 Å². The molecule has 1 rings (SSSR count). The fraction of sp³-hybridized carbons (Fsp3) is 0.571. The Morgan fingerprint density at radius 2 is 2.00 bits per heavy atom. The van der Waals surface area contributed by atoms with Gasteiger partial charge in [0.1, 0.15) is 5.75 Å². The van der Waals surface area contributed by atoms with Gasteiger partial charge in [-0.25, -0.2) is 0 Å². The molecule has 0 aromatic heterocycles. The molecule has 0 amide bonds. The molecule has 0 fully saturated rings. The lowest BCUT2D eigenvalue weighted by atomic mass is 10.1. The van der Waals surface area contributed by atoms with Gasteiger partial charge >= 0.3 is 0 Å². The fourth-order valence-corrected chi connectivity index (χ4v) is 2.50. The molecule has 0 bridgehead atoms. The summed E-state index contributed by atoms with van der Waals surface area (Å²) in [6.07, 6.45) is 0. The van der Waals surface area contributed by atoms with Gasteiger partial charge in [0.25, 0.3) is 0 Å². The third-order valence-electron chi connectivity index (χ3n) is 3.06. The van der Waals surface area contributed by atoms with E-state index in [2.05, 4.69) is 53.7 Å². The van der Waals surface area contributed by atoms with E-state index in [0.717, 1.165) is 29.7 Å². The number of halogens is 1. The number of phenols is 1. The summed E-state index contributed by atoms with van der Waals surface area (Å²) in [5.41, 5.74) is 1.13. The molecular formula is C14H23BrN2O. The van der Waals surface area contributed by atoms with Crippen LogP contribution in [-0.2, 0) is 6.54 Å². The van der Waals surface area contributed by atoms with Crippen LogP contribution in [0.4, 0.5) is 0 Å². The highest BCUT2D eigenvalue weighted by molar-refractivity contribution is 9.10. The fourth-order valence-electron chi connectivity index (χ4n) is 2.12. The second-order valence-corrected chi connectivity index (χ2v) is 5.80. The monoisotopic (exact) mass is 314 g/mol. The van der Waals surface area contributed by atoms with Gasteiger partial charge < -0.3 is 10.0 Å². The second-order valence-electron chi connectivity index (χ2n) is 4.95. The van der Waals surface area contributed by atoms with Crippen molar-refractivity contribution in [2.75, 3.05) is 27.2 Å². The van der Waals surface area contributed by atoms with Crippen molar-refractivity contribution in [3.63, 3.8) is 0 Å². The van der Waals surface area contributed by atoms with E-state index in [1.165, 1.54) is 0 Å². The molecule has 0 aliphatic carbocycles. The van der Waals surface area contributed by atoms with E-state index in [1.54, 1.807) is 6.07 Å². The summed E-state index contributed by atoms with van der Waals surface area (Å²) >= 11 is 3.54. The first kappa shape index (κ1) is 15.5. The molecule has 1 atom stereocenters. The molecule has 0 aliphatic rings. The average Bonchev–Trinajstić information content (AvgIpc) is 2.29. The van der Waals surface area contributed by atoms with Crippen LogP contribution < -0.4 is 0 Å². The van der Waals surface area contributed by atoms with Crippen LogP contribution in [0.5, 0.6) is 5.75 Å². The molecule has 1 aromatic rings. The van der Waals surface area contributed by atoms with Crippen molar-refractivity contribution in [3.8, 4) is 5.75 Å². The predicted octanol–water partition coefficient (Wildman–Crippen LogP) is 2.93. The third-order valence-corrected chi connectivity index (χ3v) is 3.84. The largest absolute Gasteiger partial charge is 0.508 e. The summed E-state index contributed by atoms with van der Waals surface area (Å²) in [6, 6.07) is 5.91. The molecule has 4 heteroatoms. The van der Waals surface area contributed by atoms with Gasteiger partial charge in [0, 0.05) is 23.6 Å². The quantitative estimate of drug-likeness (QED) is 0.874. The Morgan fingerprint density at radius 1 is 1.33 bits per heavy atom. The smallest absolute Gasteiger partial charge is 0.115 e. The second kappa shape index (κ2) is 7.12. The minimum atomic E-state index is 0.324. The van der Waals surface area contributed by atoms with Crippen LogP contribution in [0.3, 0.4) is 0 Å². The highest BCUT2D eigenvalue weighted by atomic mass is 79.9. The zero-order chi connectivity index (χ0) is 13.7. The molecule has 0 radical (unpaired) electrons. The van der Waals surface area contributed by atoms with Crippen LogP contribution in [-0.4, -0.2) is 48.1 Å². The Hall–Kier alpha value is -0.580. The molecule has 3 nitrogen and oxygen atoms in total. The van der Waals surface area contributed by atoms with E-state index in [1.807, 2.05) is 12.1 Å². The summed E-state index contributed by atoms with van der Waals surface area (Å²) < 4.78 is 1.05. The summed E-state index contributed by atoms with van der Waals surface area (Å²) in [5.74, 6) is 0.324. The molecule has 0 spiro atoms. The van der Waals surface area contributed by atoms with Crippen molar-refractivity contribution in [1.29, 1.82) is 0 Å². The van der Waals surface area contributed by atoms with E-state index in [4.69, 9.17) is 0 Å². The number of benzene rings is 1. The van der Waals surface area contributed by atoms with Crippen molar-refractivity contribution in [3.05, 3.63) is 28.2 Å². The van der Waals surface area contributed by atoms with Crippen LogP contribution in [0.15, 0.2) is 22.7 Å². The maximum atomic E-state index is 9.56. The van der Waals surface area contributed by atoms with Crippen molar-refractivity contribution >= 4 is 15.9 Å². The molecule has 0 saturated carbocycles. The molecule has 0 aliphatic heterocycles. The highest BCUT2D eigenvalue weighted by Crippen LogP contribution is 2.23. The lowest BCUT2D eigenvalue weighted by molar-refractivity contribution is 0.174. The number of aromatic hydroxyl groups is 1. The summed E-state index contributed by atoms with van der Waals surface area (Å²) in [7, 11) is 4.18. The zero-order valence-electron chi connectivity index (χ0n) is 11.7. The van der Waals surface area contributed by atoms with Gasteiger partial charge in [-0.2, -0.15) is 0 Å². The number of likely N-dealkylation sites (N-methyl/N-ethyl adjacent to an activating group) is 2. The number of nitrogens with zero attached hydrogens (tertiary/aromatic N) is 2. The van der Waals surface area contributed by atoms with Crippen molar-refractivity contribution in [2.24, 2.45) is 0 Å². The van der Waals surface area contributed by atoms with Gasteiger partial charge in [0.2, 0.25) is 0 Å². The maximum Gasteiger partial charge on any atom is 0.115 e. The zero-order valence-corrected chi connectivity index (χ0v) is 13.2. The van der Waals surface area contributed by atoms with Gasteiger partial charge in [-0.1, -0.05) is 22.9 Å². The summed E-state index contributed by atoms with van der Waals surface area (Å²) in [4.78, 5) is 4.60. The predicted molar refractivity (Wildman–Crippen MR) is 79.9 cm³/mol. The SMILES string of the molecule is CCN(Cc1cc(O)ccc1Br)C(C)CN(C)C. The molecule has 1 unspecified atom stereocenters. The molecule has 1 N–H and O–H groups in total. The van der Waals surface area contributed by atoms with Crippen molar-refractivity contribution in [2.45, 2.75) is 26.4 Å². The molecule has 102 valence electrons. The minimum Gasteiger partial charge on any atom is -0.508 e.